The molecule has 0 radical (unpaired) electrons. The van der Waals surface area contributed by atoms with E-state index in [4.69, 9.17) is 14.9 Å². The molecule has 0 bridgehead atoms. The van der Waals surface area contributed by atoms with E-state index < -0.39 is 13.4 Å². The maximum absolute atomic E-state index is 12.6. The maximum Gasteiger partial charge on any atom is 0.359 e. The zero-order chi connectivity index (χ0) is 39.2. The van der Waals surface area contributed by atoms with Gasteiger partial charge >= 0.3 is 13.6 Å². The summed E-state index contributed by atoms with van der Waals surface area (Å²) in [5.74, 6) is -1.55. The quantitative estimate of drug-likeness (QED) is 0.0243. The van der Waals surface area contributed by atoms with Gasteiger partial charge in [0.15, 0.2) is 0 Å². The molecule has 0 aliphatic rings. The van der Waals surface area contributed by atoms with Crippen molar-refractivity contribution < 1.29 is 33.8 Å². The highest BCUT2D eigenvalue weighted by atomic mass is 31.2. The van der Waals surface area contributed by atoms with E-state index in [1.807, 2.05) is 4.90 Å². The highest BCUT2D eigenvalue weighted by molar-refractivity contribution is 7.52. The minimum atomic E-state index is -4.31. The standard InChI is InChI=1S/C37H76N2O2.C5H14NO4P/c1-3-5-7-9-11-13-15-17-19-20-22-24-26-28-30-32-34-39(35-36-40)37(41)38-33-31-29-27-25-23-21-18-16-14-12-10-8-6-4-2;1-6(2,3)4-5(7)11(8,9)10/h40H,3-36H2,1-2H3,(H,38,41);5,7H,4H2,1-3H3,(H-,8,9,10)/p+1. The monoisotopic (exact) mass is 765 g/mol. The summed E-state index contributed by atoms with van der Waals surface area (Å²) in [5.41, 5.74) is 0. The van der Waals surface area contributed by atoms with Crippen LogP contribution in [0.4, 0.5) is 4.79 Å². The Morgan fingerprint density at radius 2 is 0.865 bits per heavy atom. The summed E-state index contributed by atoms with van der Waals surface area (Å²) in [6.07, 6.45) is 40.7. The first-order valence-corrected chi connectivity index (χ1v) is 23.7. The number of nitrogens with one attached hydrogen (secondary N) is 1. The van der Waals surface area contributed by atoms with Gasteiger partial charge in [-0.2, -0.15) is 0 Å². The fraction of sp³-hybridized carbons (Fsp3) is 0.976. The van der Waals surface area contributed by atoms with Gasteiger partial charge in [0, 0.05) is 19.6 Å². The molecule has 0 spiro atoms. The molecule has 0 rings (SSSR count). The second kappa shape index (κ2) is 38.6. The minimum Gasteiger partial charge on any atom is -0.395 e. The molecule has 0 aromatic rings. The number of urea groups is 1. The molecule has 5 N–H and O–H groups in total. The topological polar surface area (TPSA) is 130 Å². The van der Waals surface area contributed by atoms with Gasteiger partial charge in [-0.1, -0.05) is 194 Å². The van der Waals surface area contributed by atoms with Crippen molar-refractivity contribution >= 4 is 13.6 Å². The average Bonchev–Trinajstić information content (AvgIpc) is 3.08. The Hall–Kier alpha value is -0.700. The lowest BCUT2D eigenvalue weighted by Crippen LogP contribution is -2.42. The Labute approximate surface area is 323 Å². The molecule has 0 aromatic heterocycles. The lowest BCUT2D eigenvalue weighted by atomic mass is 10.0. The molecule has 0 heterocycles. The predicted octanol–water partition coefficient (Wildman–Crippen LogP) is 10.9. The van der Waals surface area contributed by atoms with Gasteiger partial charge < -0.3 is 34.7 Å². The SMILES string of the molecule is CCCCCCCCCCCCCCCCCCN(CCO)C(=O)NCCCCCCCCCCCCCCCC.C[N+](C)(C)CC(O)P(=O)(O)O. The van der Waals surface area contributed by atoms with Crippen LogP contribution in [0.3, 0.4) is 0 Å². The first-order valence-electron chi connectivity index (χ1n) is 22.1. The van der Waals surface area contributed by atoms with Gasteiger partial charge in [0.05, 0.1) is 27.7 Å². The molecule has 0 saturated heterocycles. The summed E-state index contributed by atoms with van der Waals surface area (Å²) >= 11 is 0. The normalized spacial score (nSPS) is 12.4. The van der Waals surface area contributed by atoms with Crippen molar-refractivity contribution in [1.82, 2.24) is 10.2 Å². The van der Waals surface area contributed by atoms with Crippen LogP contribution in [0.25, 0.3) is 0 Å². The van der Waals surface area contributed by atoms with Crippen LogP contribution in [0.1, 0.15) is 206 Å². The van der Waals surface area contributed by atoms with Crippen LogP contribution in [-0.2, 0) is 4.57 Å². The van der Waals surface area contributed by atoms with E-state index in [2.05, 4.69) is 19.2 Å². The van der Waals surface area contributed by atoms with Crippen LogP contribution in [0, 0.1) is 0 Å². The van der Waals surface area contributed by atoms with Crippen LogP contribution >= 0.6 is 7.60 Å². The number of unbranched alkanes of at least 4 members (excludes halogenated alkanes) is 28. The van der Waals surface area contributed by atoms with E-state index in [9.17, 15) is 14.5 Å². The van der Waals surface area contributed by atoms with Gasteiger partial charge in [-0.05, 0) is 12.8 Å². The smallest absolute Gasteiger partial charge is 0.359 e. The van der Waals surface area contributed by atoms with E-state index in [1.54, 1.807) is 21.1 Å². The molecule has 1 atom stereocenters. The van der Waals surface area contributed by atoms with Gasteiger partial charge in [-0.25, -0.2) is 4.79 Å². The number of hydrogen-bond acceptors (Lipinski definition) is 4. The van der Waals surface area contributed by atoms with E-state index in [0.717, 1.165) is 25.9 Å². The van der Waals surface area contributed by atoms with Crippen molar-refractivity contribution in [3.63, 3.8) is 0 Å². The number of hydrogen-bond donors (Lipinski definition) is 5. The molecule has 9 nitrogen and oxygen atoms in total. The van der Waals surface area contributed by atoms with Gasteiger partial charge in [-0.15, -0.1) is 0 Å². The fourth-order valence-electron chi connectivity index (χ4n) is 6.51. The number of carbonyl (C=O) groups is 1. The molecular formula is C42H91N3O6P+. The van der Waals surface area contributed by atoms with E-state index in [0.29, 0.717) is 11.0 Å². The van der Waals surface area contributed by atoms with Gasteiger partial charge in [0.25, 0.3) is 0 Å². The number of aliphatic hydroxyl groups excluding tert-OH is 2. The van der Waals surface area contributed by atoms with Crippen molar-refractivity contribution in [1.29, 1.82) is 0 Å². The highest BCUT2D eigenvalue weighted by Gasteiger charge is 2.31. The van der Waals surface area contributed by atoms with Gasteiger partial charge in [0.1, 0.15) is 6.54 Å². The maximum atomic E-state index is 12.6. The average molecular weight is 765 g/mol. The van der Waals surface area contributed by atoms with Crippen LogP contribution in [0.15, 0.2) is 0 Å². The molecule has 0 aliphatic carbocycles. The zero-order valence-corrected chi connectivity index (χ0v) is 36.2. The Balaban J connectivity index is 0. The lowest BCUT2D eigenvalue weighted by Gasteiger charge is -2.26. The molecule has 0 aromatic carbocycles. The molecule has 52 heavy (non-hydrogen) atoms. The summed E-state index contributed by atoms with van der Waals surface area (Å²) in [4.78, 5) is 31.4. The Morgan fingerprint density at radius 3 is 1.13 bits per heavy atom. The first kappa shape index (κ1) is 53.4. The third kappa shape index (κ3) is 42.0. The van der Waals surface area contributed by atoms with E-state index in [-0.39, 0.29) is 19.2 Å². The van der Waals surface area contributed by atoms with E-state index >= 15 is 0 Å². The summed E-state index contributed by atoms with van der Waals surface area (Å²) < 4.78 is 10.8. The lowest BCUT2D eigenvalue weighted by molar-refractivity contribution is -0.872. The summed E-state index contributed by atoms with van der Waals surface area (Å²) in [6, 6.07) is 0.00898. The second-order valence-electron chi connectivity index (χ2n) is 16.4. The number of carbonyl (C=O) groups excluding carboxylic acids is 1. The van der Waals surface area contributed by atoms with Crippen molar-refractivity contribution in [3.8, 4) is 0 Å². The Bertz CT molecular complexity index is 792. The summed E-state index contributed by atoms with van der Waals surface area (Å²) in [5, 5.41) is 21.4. The first-order chi connectivity index (χ1) is 24.9. The van der Waals surface area contributed by atoms with Crippen molar-refractivity contribution in [3.05, 3.63) is 0 Å². The molecule has 2 amide bonds. The minimum absolute atomic E-state index is 0.00898. The molecule has 0 saturated carbocycles. The molecule has 1 unspecified atom stereocenters. The van der Waals surface area contributed by atoms with Gasteiger partial charge in [0.2, 0.25) is 5.85 Å². The third-order valence-electron chi connectivity index (χ3n) is 9.84. The van der Waals surface area contributed by atoms with Crippen molar-refractivity contribution in [2.45, 2.75) is 212 Å². The van der Waals surface area contributed by atoms with Crippen LogP contribution < -0.4 is 5.32 Å². The van der Waals surface area contributed by atoms with Crippen LogP contribution in [0.5, 0.6) is 0 Å². The number of rotatable bonds is 37. The third-order valence-corrected chi connectivity index (χ3v) is 10.8. The van der Waals surface area contributed by atoms with E-state index in [1.165, 1.54) is 180 Å². The fourth-order valence-corrected chi connectivity index (χ4v) is 7.21. The zero-order valence-electron chi connectivity index (χ0n) is 35.3. The summed E-state index contributed by atoms with van der Waals surface area (Å²) in [6.45, 7) is 6.64. The number of nitrogens with zero attached hydrogens (tertiary/aromatic N) is 2. The number of aliphatic hydroxyl groups is 2. The second-order valence-corrected chi connectivity index (χ2v) is 18.2. The molecule has 0 aliphatic heterocycles. The van der Waals surface area contributed by atoms with Crippen molar-refractivity contribution in [2.24, 2.45) is 0 Å². The molecule has 0 fully saturated rings. The summed E-state index contributed by atoms with van der Waals surface area (Å²) in [7, 11) is 0.933. The number of likely N-dealkylation sites (N-methyl/N-ethyl adjacent to an activating group) is 1. The highest BCUT2D eigenvalue weighted by Crippen LogP contribution is 2.40. The molecular weight excluding hydrogens is 673 g/mol. The van der Waals surface area contributed by atoms with Crippen LogP contribution in [-0.4, -0.2) is 95.2 Å². The number of amides is 2. The Morgan fingerprint density at radius 1 is 0.558 bits per heavy atom. The van der Waals surface area contributed by atoms with Gasteiger partial charge in [-0.3, -0.25) is 4.57 Å². The van der Waals surface area contributed by atoms with Crippen LogP contribution in [0.2, 0.25) is 0 Å². The largest absolute Gasteiger partial charge is 0.395 e. The predicted molar refractivity (Wildman–Crippen MR) is 223 cm³/mol. The van der Waals surface area contributed by atoms with Crippen molar-refractivity contribution in [2.75, 3.05) is 53.9 Å². The molecule has 10 heteroatoms. The molecule has 314 valence electrons. The number of quaternary nitrogens is 1. The Kier molecular flexibility index (Phi) is 39.6.